The Morgan fingerprint density at radius 1 is 1.23 bits per heavy atom. The molecule has 0 bridgehead atoms. The quantitative estimate of drug-likeness (QED) is 0.665. The molecule has 140 valence electrons. The van der Waals surface area contributed by atoms with E-state index in [2.05, 4.69) is 22.8 Å². The van der Waals surface area contributed by atoms with Gasteiger partial charge in [0.25, 0.3) is 0 Å². The Kier molecular flexibility index (Phi) is 5.88. The molecule has 2 aliphatic rings. The lowest BCUT2D eigenvalue weighted by molar-refractivity contribution is -0.139. The van der Waals surface area contributed by atoms with E-state index in [9.17, 15) is 14.4 Å². The topological polar surface area (TPSA) is 98.7 Å². The van der Waals surface area contributed by atoms with Gasteiger partial charge in [-0.3, -0.25) is 24.6 Å². The monoisotopic (exact) mass is 359 g/mol. The van der Waals surface area contributed by atoms with Gasteiger partial charge in [0.2, 0.25) is 11.8 Å². The number of carbonyl (C=O) groups is 3. The first kappa shape index (κ1) is 18.4. The number of carboxylic acid groups (broad SMARTS) is 1. The van der Waals surface area contributed by atoms with Crippen LogP contribution in [0.3, 0.4) is 0 Å². The molecule has 1 aromatic rings. The Balaban J connectivity index is 1.53. The van der Waals surface area contributed by atoms with Crippen LogP contribution in [0.25, 0.3) is 0 Å². The summed E-state index contributed by atoms with van der Waals surface area (Å²) in [5, 5.41) is 14.6. The normalized spacial score (nSPS) is 22.1. The molecule has 26 heavy (non-hydrogen) atoms. The van der Waals surface area contributed by atoms with Crippen molar-refractivity contribution in [1.82, 2.24) is 10.2 Å². The molecule has 2 heterocycles. The van der Waals surface area contributed by atoms with Crippen molar-refractivity contribution in [2.75, 3.05) is 31.5 Å². The van der Waals surface area contributed by atoms with Gasteiger partial charge < -0.3 is 10.4 Å². The van der Waals surface area contributed by atoms with Crippen LogP contribution in [-0.4, -0.2) is 54.0 Å². The molecule has 0 aliphatic carbocycles. The van der Waals surface area contributed by atoms with Gasteiger partial charge in [0.1, 0.15) is 0 Å². The second-order valence-electron chi connectivity index (χ2n) is 7.10. The number of aliphatic carboxylic acids is 1. The molecule has 7 heteroatoms. The minimum absolute atomic E-state index is 0.111. The van der Waals surface area contributed by atoms with Crippen molar-refractivity contribution < 1.29 is 19.5 Å². The van der Waals surface area contributed by atoms with Crippen LogP contribution in [-0.2, 0) is 14.4 Å². The van der Waals surface area contributed by atoms with Gasteiger partial charge in [-0.1, -0.05) is 12.1 Å². The summed E-state index contributed by atoms with van der Waals surface area (Å²) in [6, 6.07) is 8.21. The van der Waals surface area contributed by atoms with Crippen LogP contribution < -0.4 is 10.6 Å². The average molecular weight is 359 g/mol. The molecular formula is C19H25N3O4. The lowest BCUT2D eigenvalue weighted by Crippen LogP contribution is -2.43. The number of nitrogens with one attached hydrogen (secondary N) is 2. The zero-order chi connectivity index (χ0) is 18.5. The first-order chi connectivity index (χ1) is 12.5. The van der Waals surface area contributed by atoms with Gasteiger partial charge in [-0.25, -0.2) is 0 Å². The van der Waals surface area contributed by atoms with Gasteiger partial charge >= 0.3 is 5.97 Å². The standard InChI is InChI=1S/C19H25N3O4/c23-17-5-4-15(19(26)21-17)11-20-16-3-1-2-14(10-16)13-6-8-22(9-7-13)12-18(24)25/h1-3,10,13,15,20H,4-9,11-12H2,(H,24,25)(H,21,23,26)/t15-/m0/s1. The summed E-state index contributed by atoms with van der Waals surface area (Å²) >= 11 is 0. The number of carboxylic acids is 1. The Morgan fingerprint density at radius 3 is 2.69 bits per heavy atom. The molecular weight excluding hydrogens is 334 g/mol. The molecule has 0 spiro atoms. The number of amides is 2. The fourth-order valence-electron chi connectivity index (χ4n) is 3.69. The fourth-order valence-corrected chi connectivity index (χ4v) is 3.69. The van der Waals surface area contributed by atoms with Gasteiger partial charge in [-0.15, -0.1) is 0 Å². The molecule has 7 nitrogen and oxygen atoms in total. The van der Waals surface area contributed by atoms with Crippen LogP contribution in [0.15, 0.2) is 24.3 Å². The van der Waals surface area contributed by atoms with Crippen molar-refractivity contribution >= 4 is 23.5 Å². The maximum absolute atomic E-state index is 11.8. The summed E-state index contributed by atoms with van der Waals surface area (Å²) in [6.45, 7) is 2.22. The smallest absolute Gasteiger partial charge is 0.317 e. The summed E-state index contributed by atoms with van der Waals surface area (Å²) in [6.07, 6.45) is 2.88. The van der Waals surface area contributed by atoms with Gasteiger partial charge in [0.05, 0.1) is 12.5 Å². The summed E-state index contributed by atoms with van der Waals surface area (Å²) < 4.78 is 0. The van der Waals surface area contributed by atoms with Crippen LogP contribution in [0.4, 0.5) is 5.69 Å². The first-order valence-electron chi connectivity index (χ1n) is 9.13. The summed E-state index contributed by atoms with van der Waals surface area (Å²) in [5.41, 5.74) is 2.22. The maximum Gasteiger partial charge on any atom is 0.317 e. The third-order valence-electron chi connectivity index (χ3n) is 5.21. The predicted molar refractivity (Wildman–Crippen MR) is 96.9 cm³/mol. The van der Waals surface area contributed by atoms with Crippen molar-refractivity contribution in [3.05, 3.63) is 29.8 Å². The van der Waals surface area contributed by atoms with Gasteiger partial charge in [-0.2, -0.15) is 0 Å². The Morgan fingerprint density at radius 2 is 2.00 bits per heavy atom. The predicted octanol–water partition coefficient (Wildman–Crippen LogP) is 1.42. The molecule has 1 aromatic carbocycles. The summed E-state index contributed by atoms with van der Waals surface area (Å²) in [5.74, 6) is -0.922. The van der Waals surface area contributed by atoms with Crippen LogP contribution in [0, 0.1) is 5.92 Å². The molecule has 0 aromatic heterocycles. The Hall–Kier alpha value is -2.41. The molecule has 2 fully saturated rings. The molecule has 0 saturated carbocycles. The lowest BCUT2D eigenvalue weighted by atomic mass is 9.89. The highest BCUT2D eigenvalue weighted by molar-refractivity contribution is 5.98. The SMILES string of the molecule is O=C(O)CN1CCC(c2cccc(NC[C@@H]3CCC(=O)NC3=O)c2)CC1. The van der Waals surface area contributed by atoms with Gasteiger partial charge in [0, 0.05) is 18.7 Å². The van der Waals surface area contributed by atoms with E-state index < -0.39 is 5.97 Å². The number of rotatable bonds is 6. The molecule has 2 amide bonds. The Labute approximate surface area is 152 Å². The van der Waals surface area contributed by atoms with E-state index in [1.165, 1.54) is 5.56 Å². The average Bonchev–Trinajstić information content (AvgIpc) is 2.61. The molecule has 2 aliphatic heterocycles. The highest BCUT2D eigenvalue weighted by Crippen LogP contribution is 2.29. The summed E-state index contributed by atoms with van der Waals surface area (Å²) in [7, 11) is 0. The highest BCUT2D eigenvalue weighted by Gasteiger charge is 2.26. The van der Waals surface area contributed by atoms with Gasteiger partial charge in [0.15, 0.2) is 0 Å². The molecule has 0 radical (unpaired) electrons. The van der Waals surface area contributed by atoms with Crippen LogP contribution in [0.5, 0.6) is 0 Å². The molecule has 1 atom stereocenters. The lowest BCUT2D eigenvalue weighted by Gasteiger charge is -2.31. The number of piperidine rings is 2. The van der Waals surface area contributed by atoms with Crippen molar-refractivity contribution in [2.45, 2.75) is 31.6 Å². The van der Waals surface area contributed by atoms with Crippen LogP contribution in [0.2, 0.25) is 0 Å². The number of hydrogen-bond donors (Lipinski definition) is 3. The maximum atomic E-state index is 11.8. The van der Waals surface area contributed by atoms with Gasteiger partial charge in [-0.05, 0) is 56.0 Å². The Bertz CT molecular complexity index is 683. The van der Waals surface area contributed by atoms with Crippen LogP contribution in [0.1, 0.15) is 37.2 Å². The zero-order valence-electron chi connectivity index (χ0n) is 14.7. The molecule has 3 rings (SSSR count). The second-order valence-corrected chi connectivity index (χ2v) is 7.10. The fraction of sp³-hybridized carbons (Fsp3) is 0.526. The minimum atomic E-state index is -0.775. The van der Waals surface area contributed by atoms with Crippen molar-refractivity contribution in [3.8, 4) is 0 Å². The largest absolute Gasteiger partial charge is 0.480 e. The number of benzene rings is 1. The van der Waals surface area contributed by atoms with E-state index in [4.69, 9.17) is 5.11 Å². The van der Waals surface area contributed by atoms with Crippen molar-refractivity contribution in [1.29, 1.82) is 0 Å². The van der Waals surface area contributed by atoms with E-state index in [1.54, 1.807) is 0 Å². The highest BCUT2D eigenvalue weighted by atomic mass is 16.4. The van der Waals surface area contributed by atoms with E-state index >= 15 is 0 Å². The van der Waals surface area contributed by atoms with E-state index in [-0.39, 0.29) is 24.3 Å². The number of hydrogen-bond acceptors (Lipinski definition) is 5. The van der Waals surface area contributed by atoms with E-state index in [0.717, 1.165) is 31.6 Å². The first-order valence-corrected chi connectivity index (χ1v) is 9.13. The van der Waals surface area contributed by atoms with E-state index in [1.807, 2.05) is 17.0 Å². The number of imide groups is 1. The second kappa shape index (κ2) is 8.31. The van der Waals surface area contributed by atoms with Crippen molar-refractivity contribution in [3.63, 3.8) is 0 Å². The third-order valence-corrected chi connectivity index (χ3v) is 5.21. The third kappa shape index (κ3) is 4.82. The van der Waals surface area contributed by atoms with Crippen molar-refractivity contribution in [2.24, 2.45) is 5.92 Å². The summed E-state index contributed by atoms with van der Waals surface area (Å²) in [4.78, 5) is 35.8. The number of nitrogens with zero attached hydrogens (tertiary/aromatic N) is 1. The molecule has 2 saturated heterocycles. The molecule has 3 N–H and O–H groups in total. The van der Waals surface area contributed by atoms with E-state index in [0.29, 0.717) is 25.3 Å². The number of anilines is 1. The molecule has 0 unspecified atom stereocenters. The minimum Gasteiger partial charge on any atom is -0.480 e. The number of likely N-dealkylation sites (tertiary alicyclic amines) is 1. The number of carbonyl (C=O) groups excluding carboxylic acids is 2. The zero-order valence-corrected chi connectivity index (χ0v) is 14.7. The van der Waals surface area contributed by atoms with Crippen LogP contribution >= 0.6 is 0 Å².